The Kier molecular flexibility index (Phi) is 7.55. The summed E-state index contributed by atoms with van der Waals surface area (Å²) in [6.45, 7) is 8.31. The average molecular weight is 474 g/mol. The molecule has 10 heteroatoms. The molecule has 176 valence electrons. The summed E-state index contributed by atoms with van der Waals surface area (Å²) < 4.78 is 5.48. The van der Waals surface area contributed by atoms with Gasteiger partial charge in [0.1, 0.15) is 17.5 Å². The molecule has 3 N–H and O–H groups in total. The van der Waals surface area contributed by atoms with Gasteiger partial charge in [-0.25, -0.2) is 14.6 Å². The number of hydrogen-bond acceptors (Lipinski definition) is 6. The molecule has 0 saturated carbocycles. The molecule has 0 bridgehead atoms. The Morgan fingerprint density at radius 2 is 1.94 bits per heavy atom. The lowest BCUT2D eigenvalue weighted by Crippen LogP contribution is -2.59. The van der Waals surface area contributed by atoms with Gasteiger partial charge in [-0.1, -0.05) is 23.2 Å². The third-order valence-electron chi connectivity index (χ3n) is 4.81. The van der Waals surface area contributed by atoms with Crippen LogP contribution in [0.15, 0.2) is 36.5 Å². The number of aryl methyl sites for hydroxylation is 1. The summed E-state index contributed by atoms with van der Waals surface area (Å²) in [7, 11) is 0. The Morgan fingerprint density at radius 1 is 1.18 bits per heavy atom. The summed E-state index contributed by atoms with van der Waals surface area (Å²) in [5.74, 6) is -0.594. The number of nitrogens with zero attached hydrogens (tertiary/aromatic N) is 2. The van der Waals surface area contributed by atoms with Gasteiger partial charge in [-0.2, -0.15) is 0 Å². The van der Waals surface area contributed by atoms with Gasteiger partial charge in [0.15, 0.2) is 0 Å². The SMILES string of the molecule is Cc1ccc(NC(=O)N2CCNCC2C(=O)OC(C)(C)C)c(C(=O)Nc2ccc(Cl)cn2)c1. The number of hydrogen-bond donors (Lipinski definition) is 3. The zero-order chi connectivity index (χ0) is 24.2. The summed E-state index contributed by atoms with van der Waals surface area (Å²) in [5, 5.41) is 9.05. The summed E-state index contributed by atoms with van der Waals surface area (Å²) in [4.78, 5) is 44.2. The average Bonchev–Trinajstić information content (AvgIpc) is 2.75. The molecule has 0 radical (unpaired) electrons. The maximum absolute atomic E-state index is 13.1. The van der Waals surface area contributed by atoms with E-state index in [0.717, 1.165) is 5.56 Å². The second-order valence-electron chi connectivity index (χ2n) is 8.74. The fraction of sp³-hybridized carbons (Fsp3) is 0.391. The van der Waals surface area contributed by atoms with E-state index in [-0.39, 0.29) is 12.1 Å². The number of esters is 1. The van der Waals surface area contributed by atoms with Gasteiger partial charge in [0.05, 0.1) is 16.3 Å². The van der Waals surface area contributed by atoms with Crippen molar-refractivity contribution >= 4 is 41.0 Å². The van der Waals surface area contributed by atoms with E-state index >= 15 is 0 Å². The third kappa shape index (κ3) is 6.66. The first-order valence-corrected chi connectivity index (χ1v) is 11.0. The summed E-state index contributed by atoms with van der Waals surface area (Å²) >= 11 is 5.85. The van der Waals surface area contributed by atoms with Crippen LogP contribution in [0.5, 0.6) is 0 Å². The summed E-state index contributed by atoms with van der Waals surface area (Å²) in [5.41, 5.74) is 0.757. The van der Waals surface area contributed by atoms with Crippen LogP contribution in [0.3, 0.4) is 0 Å². The number of ether oxygens (including phenoxy) is 1. The molecule has 2 heterocycles. The van der Waals surface area contributed by atoms with Gasteiger partial charge in [-0.3, -0.25) is 4.79 Å². The molecule has 1 aliphatic rings. The first kappa shape index (κ1) is 24.5. The second-order valence-corrected chi connectivity index (χ2v) is 9.18. The number of carbonyl (C=O) groups excluding carboxylic acids is 3. The number of aromatic nitrogens is 1. The van der Waals surface area contributed by atoms with E-state index in [1.54, 1.807) is 51.1 Å². The first-order valence-electron chi connectivity index (χ1n) is 10.6. The van der Waals surface area contributed by atoms with Gasteiger partial charge in [-0.05, 0) is 52.0 Å². The number of nitrogens with one attached hydrogen (secondary N) is 3. The van der Waals surface area contributed by atoms with E-state index in [1.807, 2.05) is 6.92 Å². The molecule has 1 unspecified atom stereocenters. The highest BCUT2D eigenvalue weighted by atomic mass is 35.5. The molecular weight excluding hydrogens is 446 g/mol. The molecule has 9 nitrogen and oxygen atoms in total. The molecule has 1 fully saturated rings. The third-order valence-corrected chi connectivity index (χ3v) is 5.04. The van der Waals surface area contributed by atoms with Crippen molar-refractivity contribution in [3.05, 3.63) is 52.7 Å². The highest BCUT2D eigenvalue weighted by molar-refractivity contribution is 6.30. The fourth-order valence-electron chi connectivity index (χ4n) is 3.30. The van der Waals surface area contributed by atoms with Crippen molar-refractivity contribution in [3.8, 4) is 0 Å². The van der Waals surface area contributed by atoms with Gasteiger partial charge in [0.25, 0.3) is 5.91 Å². The van der Waals surface area contributed by atoms with Crippen molar-refractivity contribution in [2.45, 2.75) is 39.3 Å². The quantitative estimate of drug-likeness (QED) is 0.586. The van der Waals surface area contributed by atoms with Crippen molar-refractivity contribution in [2.24, 2.45) is 0 Å². The topological polar surface area (TPSA) is 113 Å². The highest BCUT2D eigenvalue weighted by Gasteiger charge is 2.35. The van der Waals surface area contributed by atoms with Gasteiger partial charge in [-0.15, -0.1) is 0 Å². The van der Waals surface area contributed by atoms with E-state index < -0.39 is 29.6 Å². The Morgan fingerprint density at radius 3 is 2.61 bits per heavy atom. The lowest BCUT2D eigenvalue weighted by atomic mass is 10.1. The van der Waals surface area contributed by atoms with Crippen LogP contribution in [-0.4, -0.2) is 59.1 Å². The van der Waals surface area contributed by atoms with Crippen LogP contribution in [0.2, 0.25) is 5.02 Å². The highest BCUT2D eigenvalue weighted by Crippen LogP contribution is 2.21. The largest absolute Gasteiger partial charge is 0.458 e. The number of pyridine rings is 1. The lowest BCUT2D eigenvalue weighted by Gasteiger charge is -2.36. The summed E-state index contributed by atoms with van der Waals surface area (Å²) in [6.07, 6.45) is 1.43. The number of anilines is 2. The van der Waals surface area contributed by atoms with Crippen LogP contribution in [0.25, 0.3) is 0 Å². The van der Waals surface area contributed by atoms with Crippen LogP contribution in [0.1, 0.15) is 36.7 Å². The number of amides is 3. The van der Waals surface area contributed by atoms with Crippen LogP contribution in [0.4, 0.5) is 16.3 Å². The van der Waals surface area contributed by atoms with E-state index in [1.165, 1.54) is 11.1 Å². The number of carbonyl (C=O) groups is 3. The monoisotopic (exact) mass is 473 g/mol. The minimum atomic E-state index is -0.779. The summed E-state index contributed by atoms with van der Waals surface area (Å²) in [6, 6.07) is 7.04. The maximum atomic E-state index is 13.1. The Labute approximate surface area is 197 Å². The second kappa shape index (κ2) is 10.2. The van der Waals surface area contributed by atoms with E-state index in [2.05, 4.69) is 20.9 Å². The lowest BCUT2D eigenvalue weighted by molar-refractivity contribution is -0.160. The number of piperazine rings is 1. The Hall–Kier alpha value is -3.17. The predicted molar refractivity (Wildman–Crippen MR) is 127 cm³/mol. The number of rotatable bonds is 4. The molecule has 3 amide bonds. The molecule has 0 aliphatic carbocycles. The molecule has 1 atom stereocenters. The van der Waals surface area contributed by atoms with Crippen LogP contribution < -0.4 is 16.0 Å². The van der Waals surface area contributed by atoms with Crippen molar-refractivity contribution in [3.63, 3.8) is 0 Å². The molecule has 1 aromatic heterocycles. The minimum absolute atomic E-state index is 0.268. The number of benzene rings is 1. The molecule has 33 heavy (non-hydrogen) atoms. The Bertz CT molecular complexity index is 1040. The molecule has 0 spiro atoms. The predicted octanol–water partition coefficient (Wildman–Crippen LogP) is 3.44. The van der Waals surface area contributed by atoms with Crippen molar-refractivity contribution in [1.82, 2.24) is 15.2 Å². The van der Waals surface area contributed by atoms with Gasteiger partial charge < -0.3 is 25.6 Å². The van der Waals surface area contributed by atoms with Crippen LogP contribution in [0, 0.1) is 6.92 Å². The molecule has 2 aromatic rings. The van der Waals surface area contributed by atoms with Crippen LogP contribution in [-0.2, 0) is 9.53 Å². The van der Waals surface area contributed by atoms with Gasteiger partial charge in [0.2, 0.25) is 0 Å². The molecule has 1 aromatic carbocycles. The minimum Gasteiger partial charge on any atom is -0.458 e. The molecule has 1 aliphatic heterocycles. The van der Waals surface area contributed by atoms with Crippen molar-refractivity contribution in [1.29, 1.82) is 0 Å². The Balaban J connectivity index is 1.79. The van der Waals surface area contributed by atoms with E-state index in [9.17, 15) is 14.4 Å². The number of urea groups is 1. The fourth-order valence-corrected chi connectivity index (χ4v) is 3.41. The van der Waals surface area contributed by atoms with E-state index in [4.69, 9.17) is 16.3 Å². The number of halogens is 1. The van der Waals surface area contributed by atoms with Gasteiger partial charge in [0, 0.05) is 25.8 Å². The smallest absolute Gasteiger partial charge is 0.330 e. The molecule has 1 saturated heterocycles. The standard InChI is InChI=1S/C23H28ClN5O4/c1-14-5-7-17(16(11-14)20(30)28-19-8-6-15(24)12-26-19)27-22(32)29-10-9-25-13-18(29)21(31)33-23(2,3)4/h5-8,11-12,18,25H,9-10,13H2,1-4H3,(H,27,32)(H,26,28,30). The van der Waals surface area contributed by atoms with Gasteiger partial charge >= 0.3 is 12.0 Å². The normalized spacial score (nSPS) is 16.2. The zero-order valence-corrected chi connectivity index (χ0v) is 19.8. The van der Waals surface area contributed by atoms with Crippen LogP contribution >= 0.6 is 11.6 Å². The maximum Gasteiger partial charge on any atom is 0.330 e. The first-order chi connectivity index (χ1) is 15.5. The van der Waals surface area contributed by atoms with Crippen molar-refractivity contribution < 1.29 is 19.1 Å². The zero-order valence-electron chi connectivity index (χ0n) is 19.1. The van der Waals surface area contributed by atoms with Crippen molar-refractivity contribution in [2.75, 3.05) is 30.3 Å². The molecular formula is C23H28ClN5O4. The van der Waals surface area contributed by atoms with E-state index in [0.29, 0.717) is 29.6 Å². The molecule has 3 rings (SSSR count).